The van der Waals surface area contributed by atoms with Gasteiger partial charge in [-0.1, -0.05) is 153 Å². The molecule has 0 unspecified atom stereocenters. The predicted octanol–water partition coefficient (Wildman–Crippen LogP) is 15.2. The Bertz CT molecular complexity index is 2220. The van der Waals surface area contributed by atoms with Gasteiger partial charge in [0.05, 0.1) is 11.4 Å². The van der Waals surface area contributed by atoms with Crippen LogP contribution in [0.1, 0.15) is 0 Å². The summed E-state index contributed by atoms with van der Waals surface area (Å²) in [5.74, 6) is 0. The largest absolute Gasteiger partial charge is 0.310 e. The first-order chi connectivity index (χ1) is 25.6. The van der Waals surface area contributed by atoms with Gasteiger partial charge in [0.25, 0.3) is 0 Å². The van der Waals surface area contributed by atoms with E-state index in [-0.39, 0.29) is 0 Å². The van der Waals surface area contributed by atoms with Gasteiger partial charge in [-0.15, -0.1) is 0 Å². The molecule has 0 saturated carbocycles. The van der Waals surface area contributed by atoms with Crippen molar-refractivity contribution < 1.29 is 0 Å². The fourth-order valence-electron chi connectivity index (χ4n) is 6.70. The predicted molar refractivity (Wildman–Crippen MR) is 228 cm³/mol. The van der Waals surface area contributed by atoms with Crippen LogP contribution in [-0.2, 0) is 0 Å². The molecule has 0 atom stereocenters. The molecule has 0 spiro atoms. The average molecular weight is 799 g/mol. The van der Waals surface area contributed by atoms with E-state index >= 15 is 0 Å². The Morgan fingerprint density at radius 2 is 0.538 bits per heavy atom. The maximum absolute atomic E-state index is 3.63. The lowest BCUT2D eigenvalue weighted by atomic mass is 10.0. The summed E-state index contributed by atoms with van der Waals surface area (Å²) in [6.45, 7) is 0. The minimum Gasteiger partial charge on any atom is -0.310 e. The molecule has 0 aromatic heterocycles. The molecule has 0 fully saturated rings. The van der Waals surface area contributed by atoms with Gasteiger partial charge in [-0.25, -0.2) is 0 Å². The van der Waals surface area contributed by atoms with E-state index in [9.17, 15) is 0 Å². The minimum absolute atomic E-state index is 1.05. The Morgan fingerprint density at radius 1 is 0.250 bits per heavy atom. The lowest BCUT2D eigenvalue weighted by Gasteiger charge is -2.28. The molecule has 0 N–H and O–H groups in total. The second-order valence-electron chi connectivity index (χ2n) is 12.5. The number of rotatable bonds is 9. The summed E-state index contributed by atoms with van der Waals surface area (Å²) in [6, 6.07) is 73.2. The van der Waals surface area contributed by atoms with E-state index in [2.05, 4.69) is 248 Å². The van der Waals surface area contributed by atoms with Crippen LogP contribution in [0, 0.1) is 0 Å². The second-order valence-corrected chi connectivity index (χ2v) is 14.3. The highest BCUT2D eigenvalue weighted by Gasteiger charge is 2.19. The van der Waals surface area contributed by atoms with Gasteiger partial charge in [0, 0.05) is 42.8 Å². The van der Waals surface area contributed by atoms with Crippen molar-refractivity contribution in [3.63, 3.8) is 0 Å². The van der Waals surface area contributed by atoms with Crippen molar-refractivity contribution >= 4 is 66.0 Å². The van der Waals surface area contributed by atoms with E-state index in [1.165, 1.54) is 22.3 Å². The van der Waals surface area contributed by atoms with Crippen LogP contribution in [0.3, 0.4) is 0 Å². The van der Waals surface area contributed by atoms with Crippen LogP contribution in [-0.4, -0.2) is 0 Å². The van der Waals surface area contributed by atoms with Crippen LogP contribution >= 0.6 is 31.9 Å². The normalized spacial score (nSPS) is 10.9. The summed E-state index contributed by atoms with van der Waals surface area (Å²) in [7, 11) is 0. The zero-order valence-electron chi connectivity index (χ0n) is 28.3. The van der Waals surface area contributed by atoms with Gasteiger partial charge in [-0.2, -0.15) is 0 Å². The number of nitrogens with zero attached hydrogens (tertiary/aromatic N) is 2. The SMILES string of the molecule is Brc1ccc(N(c2ccc(-c3ccc(N(c4ccc(Br)cc4)c4ccccc4-c4ccccc4)cc3)cc2)c2ccccc2-c2ccccc2)cc1. The lowest BCUT2D eigenvalue weighted by molar-refractivity contribution is 1.28. The highest BCUT2D eigenvalue weighted by Crippen LogP contribution is 2.43. The number of anilines is 6. The Labute approximate surface area is 322 Å². The van der Waals surface area contributed by atoms with E-state index in [1.54, 1.807) is 0 Å². The van der Waals surface area contributed by atoms with Crippen molar-refractivity contribution in [1.82, 2.24) is 0 Å². The number of hydrogen-bond donors (Lipinski definition) is 0. The van der Waals surface area contributed by atoms with Crippen molar-refractivity contribution in [1.29, 1.82) is 0 Å². The van der Waals surface area contributed by atoms with Gasteiger partial charge in [0.2, 0.25) is 0 Å². The zero-order valence-corrected chi connectivity index (χ0v) is 31.5. The van der Waals surface area contributed by atoms with Gasteiger partial charge >= 0.3 is 0 Å². The Morgan fingerprint density at radius 3 is 0.885 bits per heavy atom. The quantitative estimate of drug-likeness (QED) is 0.144. The second kappa shape index (κ2) is 15.3. The first kappa shape index (κ1) is 33.5. The van der Waals surface area contributed by atoms with Gasteiger partial charge in [-0.3, -0.25) is 0 Å². The molecule has 0 saturated heterocycles. The molecule has 0 aliphatic rings. The van der Waals surface area contributed by atoms with Gasteiger partial charge in [0.15, 0.2) is 0 Å². The lowest BCUT2D eigenvalue weighted by Crippen LogP contribution is -2.11. The molecule has 4 heteroatoms. The summed E-state index contributed by atoms with van der Waals surface area (Å²) in [5, 5.41) is 0. The van der Waals surface area contributed by atoms with Crippen molar-refractivity contribution in [3.8, 4) is 33.4 Å². The summed E-state index contributed by atoms with van der Waals surface area (Å²) >= 11 is 7.25. The highest BCUT2D eigenvalue weighted by molar-refractivity contribution is 9.10. The molecule has 0 heterocycles. The fraction of sp³-hybridized carbons (Fsp3) is 0. The van der Waals surface area contributed by atoms with Crippen molar-refractivity contribution in [2.24, 2.45) is 0 Å². The van der Waals surface area contributed by atoms with Gasteiger partial charge < -0.3 is 9.80 Å². The molecular weight excluding hydrogens is 764 g/mol. The Kier molecular flexibility index (Phi) is 9.84. The fourth-order valence-corrected chi connectivity index (χ4v) is 7.23. The van der Waals surface area contributed by atoms with E-state index in [4.69, 9.17) is 0 Å². The molecule has 250 valence electrons. The molecule has 8 aromatic carbocycles. The highest BCUT2D eigenvalue weighted by atomic mass is 79.9. The molecular formula is C48H34Br2N2. The first-order valence-corrected chi connectivity index (χ1v) is 18.8. The molecule has 0 aliphatic carbocycles. The number of benzene rings is 8. The zero-order chi connectivity index (χ0) is 35.3. The summed E-state index contributed by atoms with van der Waals surface area (Å²) < 4.78 is 2.10. The van der Waals surface area contributed by atoms with Gasteiger partial charge in [-0.05, 0) is 107 Å². The summed E-state index contributed by atoms with van der Waals surface area (Å²) in [4.78, 5) is 4.67. The molecule has 8 rings (SSSR count). The number of hydrogen-bond acceptors (Lipinski definition) is 2. The summed E-state index contributed by atoms with van der Waals surface area (Å²) in [5.41, 5.74) is 13.6. The van der Waals surface area contributed by atoms with E-state index < -0.39 is 0 Å². The van der Waals surface area contributed by atoms with E-state index in [1.807, 2.05) is 0 Å². The van der Waals surface area contributed by atoms with Crippen molar-refractivity contribution in [2.75, 3.05) is 9.80 Å². The van der Waals surface area contributed by atoms with Crippen LogP contribution < -0.4 is 9.80 Å². The Balaban J connectivity index is 1.16. The number of halogens is 2. The summed E-state index contributed by atoms with van der Waals surface area (Å²) in [6.07, 6.45) is 0. The van der Waals surface area contributed by atoms with Crippen LogP contribution in [0.15, 0.2) is 215 Å². The molecule has 8 aromatic rings. The first-order valence-electron chi connectivity index (χ1n) is 17.2. The van der Waals surface area contributed by atoms with E-state index in [0.29, 0.717) is 0 Å². The topological polar surface area (TPSA) is 6.48 Å². The van der Waals surface area contributed by atoms with Crippen LogP contribution in [0.25, 0.3) is 33.4 Å². The van der Waals surface area contributed by atoms with Crippen LogP contribution in [0.5, 0.6) is 0 Å². The Hall–Kier alpha value is -5.68. The van der Waals surface area contributed by atoms with Crippen LogP contribution in [0.2, 0.25) is 0 Å². The van der Waals surface area contributed by atoms with Gasteiger partial charge in [0.1, 0.15) is 0 Å². The molecule has 52 heavy (non-hydrogen) atoms. The third-order valence-electron chi connectivity index (χ3n) is 9.21. The van der Waals surface area contributed by atoms with E-state index in [0.717, 1.165) is 54.2 Å². The molecule has 0 radical (unpaired) electrons. The third kappa shape index (κ3) is 7.09. The van der Waals surface area contributed by atoms with Crippen molar-refractivity contribution in [3.05, 3.63) is 215 Å². The molecule has 2 nitrogen and oxygen atoms in total. The molecule has 0 aliphatic heterocycles. The standard InChI is InChI=1S/C48H34Br2N2/c49-39-23-31-43(32-24-39)51(47-17-9-7-15-45(47)37-11-3-1-4-12-37)41-27-19-35(20-28-41)36-21-29-42(30-22-36)52(44-33-25-40(50)26-34-44)48-18-10-8-16-46(48)38-13-5-2-6-14-38/h1-34H. The van der Waals surface area contributed by atoms with Crippen molar-refractivity contribution in [2.45, 2.75) is 0 Å². The monoisotopic (exact) mass is 796 g/mol. The maximum atomic E-state index is 3.63. The number of para-hydroxylation sites is 2. The average Bonchev–Trinajstić information content (AvgIpc) is 3.21. The van der Waals surface area contributed by atoms with Crippen LogP contribution in [0.4, 0.5) is 34.1 Å². The smallest absolute Gasteiger partial charge is 0.0540 e. The molecule has 0 amide bonds. The maximum Gasteiger partial charge on any atom is 0.0540 e. The third-order valence-corrected chi connectivity index (χ3v) is 10.3. The minimum atomic E-state index is 1.05. The molecule has 0 bridgehead atoms.